The van der Waals surface area contributed by atoms with Gasteiger partial charge in [0.25, 0.3) is 7.82 Å². The van der Waals surface area contributed by atoms with Crippen LogP contribution in [0.1, 0.15) is 168 Å². The third kappa shape index (κ3) is 34.6. The van der Waals surface area contributed by atoms with Crippen LogP contribution in [0.2, 0.25) is 0 Å². The SMILES string of the molecule is CCCC/C=C\CCCCCCCC(=O)OC(COC(=O)CCCCCCCCCCCCCCC)COP(=O)([O-])OCC[N+](C)(C)C. The first-order valence-corrected chi connectivity index (χ1v) is 20.9. The Hall–Kier alpha value is -1.25. The van der Waals surface area contributed by atoms with E-state index in [0.717, 1.165) is 57.8 Å². The Morgan fingerprint density at radius 3 is 1.60 bits per heavy atom. The maximum absolute atomic E-state index is 12.6. The lowest BCUT2D eigenvalue weighted by molar-refractivity contribution is -0.870. The topological polar surface area (TPSA) is 111 Å². The molecule has 0 aromatic carbocycles. The normalized spacial score (nSPS) is 13.9. The molecule has 0 saturated carbocycles. The molecule has 10 heteroatoms. The minimum absolute atomic E-state index is 0.0298. The number of phosphoric ester groups is 1. The molecule has 0 N–H and O–H groups in total. The Morgan fingerprint density at radius 2 is 1.08 bits per heavy atom. The van der Waals surface area contributed by atoms with Crippen LogP contribution in [0.3, 0.4) is 0 Å². The van der Waals surface area contributed by atoms with Crippen LogP contribution in [0.15, 0.2) is 12.2 Å². The number of quaternary nitrogens is 1. The quantitative estimate of drug-likeness (QED) is 0.0211. The van der Waals surface area contributed by atoms with Crippen LogP contribution in [0.25, 0.3) is 0 Å². The van der Waals surface area contributed by atoms with E-state index >= 15 is 0 Å². The lowest BCUT2D eigenvalue weighted by atomic mass is 10.0. The van der Waals surface area contributed by atoms with Gasteiger partial charge in [0.15, 0.2) is 6.10 Å². The van der Waals surface area contributed by atoms with E-state index in [1.807, 2.05) is 21.1 Å². The zero-order valence-corrected chi connectivity index (χ0v) is 32.6. The Labute approximate surface area is 295 Å². The van der Waals surface area contributed by atoms with E-state index in [4.69, 9.17) is 18.5 Å². The van der Waals surface area contributed by atoms with Crippen molar-refractivity contribution in [3.63, 3.8) is 0 Å². The molecular formula is C38H74NO8P. The highest BCUT2D eigenvalue weighted by Crippen LogP contribution is 2.38. The number of unbranched alkanes of at least 4 members (excludes halogenated alkanes) is 19. The van der Waals surface area contributed by atoms with Crippen LogP contribution in [-0.4, -0.2) is 70.0 Å². The molecule has 48 heavy (non-hydrogen) atoms. The van der Waals surface area contributed by atoms with Gasteiger partial charge in [-0.3, -0.25) is 14.2 Å². The summed E-state index contributed by atoms with van der Waals surface area (Å²) in [6, 6.07) is 0. The molecular weight excluding hydrogens is 629 g/mol. The second-order valence-corrected chi connectivity index (χ2v) is 15.7. The number of carbonyl (C=O) groups is 2. The standard InChI is InChI=1S/C38H74NO8P/c1-6-8-10-12-14-16-18-19-21-22-24-26-28-30-37(40)44-34-36(35-46-48(42,43)45-33-32-39(3,4)5)47-38(41)31-29-27-25-23-20-17-15-13-11-9-7-2/h13,15,36H,6-12,14,16-35H2,1-5H3/b15-13-. The maximum Gasteiger partial charge on any atom is 0.306 e. The van der Waals surface area contributed by atoms with Crippen molar-refractivity contribution < 1.29 is 42.1 Å². The van der Waals surface area contributed by atoms with E-state index in [2.05, 4.69) is 26.0 Å². The summed E-state index contributed by atoms with van der Waals surface area (Å²) in [5.74, 6) is -0.842. The minimum Gasteiger partial charge on any atom is -0.756 e. The van der Waals surface area contributed by atoms with Gasteiger partial charge in [-0.25, -0.2) is 0 Å². The van der Waals surface area contributed by atoms with Crippen molar-refractivity contribution in [1.29, 1.82) is 0 Å². The number of allylic oxidation sites excluding steroid dienone is 2. The van der Waals surface area contributed by atoms with Gasteiger partial charge in [0.1, 0.15) is 19.8 Å². The fourth-order valence-corrected chi connectivity index (χ4v) is 5.89. The first kappa shape index (κ1) is 46.8. The molecule has 9 nitrogen and oxygen atoms in total. The van der Waals surface area contributed by atoms with Crippen molar-refractivity contribution in [2.45, 2.75) is 174 Å². The first-order valence-electron chi connectivity index (χ1n) is 19.4. The fraction of sp³-hybridized carbons (Fsp3) is 0.895. The Bertz CT molecular complexity index is 845. The highest BCUT2D eigenvalue weighted by atomic mass is 31.2. The molecule has 0 heterocycles. The van der Waals surface area contributed by atoms with Gasteiger partial charge < -0.3 is 27.9 Å². The van der Waals surface area contributed by atoms with E-state index in [1.54, 1.807) is 0 Å². The second kappa shape index (κ2) is 31.7. The summed E-state index contributed by atoms with van der Waals surface area (Å²) in [6.07, 6.45) is 29.5. The molecule has 0 aliphatic heterocycles. The predicted molar refractivity (Wildman–Crippen MR) is 195 cm³/mol. The summed E-state index contributed by atoms with van der Waals surface area (Å²) in [4.78, 5) is 37.3. The number of esters is 2. The first-order chi connectivity index (χ1) is 23.0. The molecule has 0 bridgehead atoms. The molecule has 0 rings (SSSR count). The molecule has 0 fully saturated rings. The lowest BCUT2D eigenvalue weighted by Gasteiger charge is -2.28. The molecule has 2 unspecified atom stereocenters. The number of ether oxygens (including phenoxy) is 2. The summed E-state index contributed by atoms with van der Waals surface area (Å²) >= 11 is 0. The summed E-state index contributed by atoms with van der Waals surface area (Å²) in [5.41, 5.74) is 0. The van der Waals surface area contributed by atoms with E-state index in [9.17, 15) is 19.0 Å². The van der Waals surface area contributed by atoms with Crippen molar-refractivity contribution in [3.8, 4) is 0 Å². The summed E-state index contributed by atoms with van der Waals surface area (Å²) in [7, 11) is 1.16. The average Bonchev–Trinajstić information content (AvgIpc) is 3.02. The largest absolute Gasteiger partial charge is 0.756 e. The van der Waals surface area contributed by atoms with Crippen LogP contribution in [0.4, 0.5) is 0 Å². The van der Waals surface area contributed by atoms with Gasteiger partial charge in [0, 0.05) is 12.8 Å². The van der Waals surface area contributed by atoms with Crippen molar-refractivity contribution in [1.82, 2.24) is 0 Å². The number of rotatable bonds is 35. The maximum atomic E-state index is 12.6. The number of carbonyl (C=O) groups excluding carboxylic acids is 2. The van der Waals surface area contributed by atoms with Gasteiger partial charge >= 0.3 is 11.9 Å². The van der Waals surface area contributed by atoms with Crippen LogP contribution in [0, 0.1) is 0 Å². The molecule has 0 radical (unpaired) electrons. The van der Waals surface area contributed by atoms with Crippen LogP contribution in [-0.2, 0) is 32.7 Å². The van der Waals surface area contributed by atoms with Crippen molar-refractivity contribution in [2.75, 3.05) is 47.5 Å². The summed E-state index contributed by atoms with van der Waals surface area (Å²) in [5, 5.41) is 0. The van der Waals surface area contributed by atoms with Gasteiger partial charge in [-0.2, -0.15) is 0 Å². The van der Waals surface area contributed by atoms with E-state index in [1.165, 1.54) is 77.0 Å². The highest BCUT2D eigenvalue weighted by Gasteiger charge is 2.21. The molecule has 0 aliphatic carbocycles. The van der Waals surface area contributed by atoms with Crippen molar-refractivity contribution in [2.24, 2.45) is 0 Å². The zero-order chi connectivity index (χ0) is 35.8. The highest BCUT2D eigenvalue weighted by molar-refractivity contribution is 7.45. The average molecular weight is 704 g/mol. The molecule has 0 aliphatic rings. The number of nitrogens with zero attached hydrogens (tertiary/aromatic N) is 1. The number of hydrogen-bond acceptors (Lipinski definition) is 8. The van der Waals surface area contributed by atoms with Crippen molar-refractivity contribution >= 4 is 19.8 Å². The number of phosphoric acid groups is 1. The molecule has 2 atom stereocenters. The van der Waals surface area contributed by atoms with Gasteiger partial charge in [-0.1, -0.05) is 135 Å². The number of likely N-dealkylation sites (N-methyl/N-ethyl adjacent to an activating group) is 1. The third-order valence-electron chi connectivity index (χ3n) is 8.29. The molecule has 0 amide bonds. The van der Waals surface area contributed by atoms with Crippen molar-refractivity contribution in [3.05, 3.63) is 12.2 Å². The van der Waals surface area contributed by atoms with Gasteiger partial charge in [0.2, 0.25) is 0 Å². The van der Waals surface area contributed by atoms with Gasteiger partial charge in [-0.05, 0) is 32.1 Å². The van der Waals surface area contributed by atoms with Crippen LogP contribution < -0.4 is 4.89 Å². The lowest BCUT2D eigenvalue weighted by Crippen LogP contribution is -2.37. The number of hydrogen-bond donors (Lipinski definition) is 0. The van der Waals surface area contributed by atoms with Gasteiger partial charge in [0.05, 0.1) is 27.7 Å². The second-order valence-electron chi connectivity index (χ2n) is 14.3. The molecule has 0 aromatic heterocycles. The Balaban J connectivity index is 4.42. The predicted octanol–water partition coefficient (Wildman–Crippen LogP) is 9.61. The molecule has 0 aromatic rings. The smallest absolute Gasteiger partial charge is 0.306 e. The molecule has 0 saturated heterocycles. The van der Waals surface area contributed by atoms with Gasteiger partial charge in [-0.15, -0.1) is 0 Å². The molecule has 284 valence electrons. The van der Waals surface area contributed by atoms with E-state index in [-0.39, 0.29) is 32.0 Å². The van der Waals surface area contributed by atoms with E-state index in [0.29, 0.717) is 17.4 Å². The Kier molecular flexibility index (Phi) is 30.9. The van der Waals surface area contributed by atoms with Crippen LogP contribution in [0.5, 0.6) is 0 Å². The minimum atomic E-state index is -4.61. The molecule has 0 spiro atoms. The monoisotopic (exact) mass is 704 g/mol. The summed E-state index contributed by atoms with van der Waals surface area (Å²) in [6.45, 7) is 4.17. The van der Waals surface area contributed by atoms with E-state index < -0.39 is 26.5 Å². The Morgan fingerprint density at radius 1 is 0.625 bits per heavy atom. The zero-order valence-electron chi connectivity index (χ0n) is 31.7. The van der Waals surface area contributed by atoms with Crippen LogP contribution >= 0.6 is 7.82 Å². The third-order valence-corrected chi connectivity index (χ3v) is 9.25. The summed E-state index contributed by atoms with van der Waals surface area (Å²) < 4.78 is 33.7. The fourth-order valence-electron chi connectivity index (χ4n) is 5.16.